The van der Waals surface area contributed by atoms with E-state index in [-0.39, 0.29) is 5.56 Å². The highest BCUT2D eigenvalue weighted by molar-refractivity contribution is 7.77. The van der Waals surface area contributed by atoms with Gasteiger partial charge in [-0.15, -0.1) is 4.41 Å². The van der Waals surface area contributed by atoms with Crippen molar-refractivity contribution in [3.8, 4) is 11.5 Å². The lowest BCUT2D eigenvalue weighted by Gasteiger charge is -2.35. The first kappa shape index (κ1) is 25.5. The van der Waals surface area contributed by atoms with Crippen LogP contribution in [0.3, 0.4) is 0 Å². The third-order valence-corrected chi connectivity index (χ3v) is 6.30. The molecule has 4 rings (SSSR count). The molecule has 2 aromatic carbocycles. The molecule has 0 saturated heterocycles. The molecule has 0 fully saturated rings. The number of benzene rings is 2. The quantitative estimate of drug-likeness (QED) is 0.491. The van der Waals surface area contributed by atoms with Crippen LogP contribution >= 0.6 is 0 Å². The van der Waals surface area contributed by atoms with E-state index in [1.807, 2.05) is 12.1 Å². The van der Waals surface area contributed by atoms with Crippen LogP contribution in [0.15, 0.2) is 35.1 Å². The molecule has 12 heteroatoms. The summed E-state index contributed by atoms with van der Waals surface area (Å²) in [6, 6.07) is 8.88. The van der Waals surface area contributed by atoms with Gasteiger partial charge in [-0.1, -0.05) is 12.1 Å². The zero-order valence-electron chi connectivity index (χ0n) is 20.6. The first-order chi connectivity index (χ1) is 17.0. The Kier molecular flexibility index (Phi) is 6.92. The van der Waals surface area contributed by atoms with E-state index in [9.17, 15) is 18.4 Å². The maximum absolute atomic E-state index is 12.6. The predicted molar refractivity (Wildman–Crippen MR) is 133 cm³/mol. The van der Waals surface area contributed by atoms with Gasteiger partial charge in [0.1, 0.15) is 5.60 Å². The van der Waals surface area contributed by atoms with Crippen LogP contribution in [-0.2, 0) is 28.8 Å². The Morgan fingerprint density at radius 2 is 1.83 bits per heavy atom. The summed E-state index contributed by atoms with van der Waals surface area (Å²) in [4.78, 5) is 25.0. The van der Waals surface area contributed by atoms with Gasteiger partial charge in [0.15, 0.2) is 11.5 Å². The molecule has 1 aromatic heterocycles. The van der Waals surface area contributed by atoms with Gasteiger partial charge in [-0.3, -0.25) is 9.80 Å². The molecule has 1 unspecified atom stereocenters. The summed E-state index contributed by atoms with van der Waals surface area (Å²) in [5.74, 6) is 0.923. The van der Waals surface area contributed by atoms with Gasteiger partial charge in [0.05, 0.1) is 42.3 Å². The Labute approximate surface area is 210 Å². The van der Waals surface area contributed by atoms with Gasteiger partial charge in [0.25, 0.3) is 5.56 Å². The monoisotopic (exact) mass is 515 g/mol. The number of hydrogen-bond donors (Lipinski definition) is 1. The number of aromatic nitrogens is 2. The summed E-state index contributed by atoms with van der Waals surface area (Å²) in [5, 5.41) is 9.24. The number of aromatic amines is 1. The van der Waals surface area contributed by atoms with Crippen LogP contribution in [-0.4, -0.2) is 55.8 Å². The van der Waals surface area contributed by atoms with Crippen LogP contribution in [0.1, 0.15) is 37.6 Å². The van der Waals surface area contributed by atoms with E-state index < -0.39 is 23.0 Å². The maximum atomic E-state index is 12.6. The molecule has 11 nitrogen and oxygen atoms in total. The van der Waals surface area contributed by atoms with Gasteiger partial charge in [0.2, 0.25) is 0 Å². The lowest BCUT2D eigenvalue weighted by molar-refractivity contribution is 0.0375. The molecule has 1 aliphatic heterocycles. The van der Waals surface area contributed by atoms with Crippen molar-refractivity contribution in [2.75, 3.05) is 25.8 Å². The number of ether oxygens (including phenoxy) is 3. The summed E-state index contributed by atoms with van der Waals surface area (Å²) in [6.07, 6.45) is -0.0369. The van der Waals surface area contributed by atoms with Crippen LogP contribution in [0.25, 0.3) is 10.8 Å². The van der Waals surface area contributed by atoms with Gasteiger partial charge < -0.3 is 18.8 Å². The van der Waals surface area contributed by atoms with Crippen molar-refractivity contribution in [2.24, 2.45) is 0 Å². The fraction of sp³-hybridized carbons (Fsp3) is 0.375. The van der Waals surface area contributed by atoms with Gasteiger partial charge >= 0.3 is 6.09 Å². The Bertz CT molecular complexity index is 1400. The SMILES string of the molecule is COc1cc2c(Cc3ccc4c(c3)CCN4N(C(=O)OC(C)(C)C)S(=O)[O-])n[nH]c(=O)c2cc1OC. The number of anilines is 1. The Balaban J connectivity index is 1.66. The number of carbonyl (C=O) groups is 1. The Morgan fingerprint density at radius 3 is 2.44 bits per heavy atom. The lowest BCUT2D eigenvalue weighted by Crippen LogP contribution is -2.48. The van der Waals surface area contributed by atoms with Crippen molar-refractivity contribution in [1.29, 1.82) is 0 Å². The van der Waals surface area contributed by atoms with Crippen molar-refractivity contribution in [3.05, 3.63) is 57.5 Å². The molecule has 2 heterocycles. The van der Waals surface area contributed by atoms with Crippen molar-refractivity contribution < 1.29 is 27.8 Å². The van der Waals surface area contributed by atoms with E-state index in [4.69, 9.17) is 14.2 Å². The van der Waals surface area contributed by atoms with E-state index >= 15 is 0 Å². The fourth-order valence-electron chi connectivity index (χ4n) is 4.15. The third kappa shape index (κ3) is 5.00. The number of hydrogen-bond acceptors (Lipinski definition) is 9. The molecule has 0 aliphatic carbocycles. The van der Waals surface area contributed by atoms with E-state index in [2.05, 4.69) is 10.2 Å². The zero-order valence-corrected chi connectivity index (χ0v) is 21.4. The van der Waals surface area contributed by atoms with Gasteiger partial charge in [-0.2, -0.15) is 5.10 Å². The second-order valence-corrected chi connectivity index (χ2v) is 10.0. The molecule has 0 spiro atoms. The molecule has 36 heavy (non-hydrogen) atoms. The predicted octanol–water partition coefficient (Wildman–Crippen LogP) is 2.84. The van der Waals surface area contributed by atoms with Gasteiger partial charge in [0, 0.05) is 18.4 Å². The number of nitrogens with one attached hydrogen (secondary N) is 1. The minimum Gasteiger partial charge on any atom is -0.754 e. The second kappa shape index (κ2) is 9.78. The molecule has 1 amide bonds. The van der Waals surface area contributed by atoms with Gasteiger partial charge in [-0.25, -0.2) is 14.1 Å². The summed E-state index contributed by atoms with van der Waals surface area (Å²) in [6.45, 7) is 5.30. The molecule has 1 atom stereocenters. The number of hydrazine groups is 1. The summed E-state index contributed by atoms with van der Waals surface area (Å²) >= 11 is -2.86. The highest BCUT2D eigenvalue weighted by Crippen LogP contribution is 2.34. The van der Waals surface area contributed by atoms with Gasteiger partial charge in [-0.05, 0) is 56.5 Å². The minimum absolute atomic E-state index is 0.294. The molecular formula is C24H27N4O7S-. The standard InChI is InChI=1S/C24H28N4O7S/c1-24(2,3)35-23(30)28(36(31)32)27-9-8-15-10-14(6-7-19(15)27)11-18-16-12-20(33-4)21(34-5)13-17(16)22(29)26-25-18/h6-7,10,12-13H,8-9,11H2,1-5H3,(H,26,29)(H,31,32)/p-1. The average molecular weight is 516 g/mol. The number of fused-ring (bicyclic) bond motifs is 2. The lowest BCUT2D eigenvalue weighted by atomic mass is 10.0. The summed E-state index contributed by atoms with van der Waals surface area (Å²) < 4.78 is 40.4. The number of amides is 1. The van der Waals surface area contributed by atoms with E-state index in [1.165, 1.54) is 19.2 Å². The summed E-state index contributed by atoms with van der Waals surface area (Å²) in [7, 11) is 3.02. The first-order valence-electron chi connectivity index (χ1n) is 11.2. The molecule has 0 saturated carbocycles. The van der Waals surface area contributed by atoms with Crippen molar-refractivity contribution >= 4 is 33.8 Å². The highest BCUT2D eigenvalue weighted by atomic mass is 32.2. The fourth-order valence-corrected chi connectivity index (χ4v) is 4.64. The summed E-state index contributed by atoms with van der Waals surface area (Å²) in [5.41, 5.74) is 1.82. The van der Waals surface area contributed by atoms with Crippen LogP contribution < -0.4 is 20.0 Å². The highest BCUT2D eigenvalue weighted by Gasteiger charge is 2.32. The van der Waals surface area contributed by atoms with E-state index in [1.54, 1.807) is 39.0 Å². The number of H-pyrrole nitrogens is 1. The molecule has 3 aromatic rings. The van der Waals surface area contributed by atoms with Crippen LogP contribution in [0, 0.1) is 0 Å². The smallest absolute Gasteiger partial charge is 0.441 e. The Morgan fingerprint density at radius 1 is 1.17 bits per heavy atom. The van der Waals surface area contributed by atoms with Crippen LogP contribution in [0.2, 0.25) is 0 Å². The second-order valence-electron chi connectivity index (χ2n) is 9.24. The van der Waals surface area contributed by atoms with E-state index in [0.29, 0.717) is 57.5 Å². The molecular weight excluding hydrogens is 488 g/mol. The minimum atomic E-state index is -2.86. The first-order valence-corrected chi connectivity index (χ1v) is 12.2. The third-order valence-electron chi connectivity index (χ3n) is 5.67. The molecule has 0 radical (unpaired) electrons. The van der Waals surface area contributed by atoms with Crippen LogP contribution in [0.4, 0.5) is 10.5 Å². The number of nitrogens with zero attached hydrogens (tertiary/aromatic N) is 3. The Hall–Kier alpha value is -3.64. The average Bonchev–Trinajstić information content (AvgIpc) is 3.21. The van der Waals surface area contributed by atoms with Crippen LogP contribution in [0.5, 0.6) is 11.5 Å². The normalized spacial score (nSPS) is 13.9. The van der Waals surface area contributed by atoms with Crippen molar-refractivity contribution in [2.45, 2.75) is 39.2 Å². The molecule has 1 aliphatic rings. The number of methoxy groups -OCH3 is 2. The molecule has 0 bridgehead atoms. The molecule has 1 N–H and O–H groups in total. The zero-order chi connectivity index (χ0) is 26.2. The number of rotatable bonds is 6. The van der Waals surface area contributed by atoms with E-state index in [0.717, 1.165) is 11.1 Å². The topological polar surface area (TPSA) is 137 Å². The molecule has 192 valence electrons. The maximum Gasteiger partial charge on any atom is 0.441 e. The number of carbonyl (C=O) groups excluding carboxylic acids is 1. The van der Waals surface area contributed by atoms with Crippen molar-refractivity contribution in [1.82, 2.24) is 14.6 Å². The largest absolute Gasteiger partial charge is 0.754 e. The van der Waals surface area contributed by atoms with Crippen molar-refractivity contribution in [3.63, 3.8) is 0 Å².